The van der Waals surface area contributed by atoms with Crippen LogP contribution in [0.2, 0.25) is 0 Å². The van der Waals surface area contributed by atoms with Crippen LogP contribution >= 0.6 is 0 Å². The first-order valence-electron chi connectivity index (χ1n) is 6.99. The Kier molecular flexibility index (Phi) is 2.90. The fourth-order valence-electron chi connectivity index (χ4n) is 3.47. The summed E-state index contributed by atoms with van der Waals surface area (Å²) >= 11 is 0. The molecule has 1 aliphatic rings. The molecule has 1 aliphatic carbocycles. The number of aromatic nitrogens is 1. The highest BCUT2D eigenvalue weighted by Gasteiger charge is 2.22. The number of hydrogen-bond acceptors (Lipinski definition) is 1. The first kappa shape index (κ1) is 11.8. The number of aromatic amines is 1. The Hall–Kier alpha value is -1.28. The maximum Gasteiger partial charge on any atom is 0.0464 e. The van der Waals surface area contributed by atoms with E-state index in [-0.39, 0.29) is 0 Å². The average Bonchev–Trinajstić information content (AvgIpc) is 2.56. The number of H-pyrrole nitrogens is 1. The molecule has 2 aromatic rings. The van der Waals surface area contributed by atoms with E-state index in [2.05, 4.69) is 43.3 Å². The molecule has 0 amide bonds. The molecule has 2 nitrogen and oxygen atoms in total. The first-order chi connectivity index (χ1) is 8.70. The number of rotatable bonds is 1. The lowest BCUT2D eigenvalue weighted by Crippen LogP contribution is -2.16. The van der Waals surface area contributed by atoms with E-state index in [1.54, 1.807) is 0 Å². The third kappa shape index (κ3) is 1.76. The van der Waals surface area contributed by atoms with E-state index in [1.165, 1.54) is 59.0 Å². The number of benzene rings is 1. The molecule has 0 saturated carbocycles. The van der Waals surface area contributed by atoms with E-state index < -0.39 is 0 Å². The molecule has 2 N–H and O–H groups in total. The summed E-state index contributed by atoms with van der Waals surface area (Å²) in [5, 5.41) is 4.96. The molecule has 1 aromatic carbocycles. The maximum atomic E-state index is 3.66. The summed E-state index contributed by atoms with van der Waals surface area (Å²) in [5.41, 5.74) is 7.06. The SMILES string of the molecule is CNC1CCCCc2[nH]c3cc(C)cc(C)c3c21. The predicted octanol–water partition coefficient (Wildman–Crippen LogP) is 3.77. The first-order valence-corrected chi connectivity index (χ1v) is 6.99. The Bertz CT molecular complexity index is 580. The zero-order valence-corrected chi connectivity index (χ0v) is 11.6. The van der Waals surface area contributed by atoms with Crippen LogP contribution in [0.3, 0.4) is 0 Å². The molecule has 0 fully saturated rings. The Balaban J connectivity index is 2.29. The largest absolute Gasteiger partial charge is 0.358 e. The van der Waals surface area contributed by atoms with E-state index in [0.717, 1.165) is 0 Å². The van der Waals surface area contributed by atoms with E-state index in [9.17, 15) is 0 Å². The van der Waals surface area contributed by atoms with Crippen molar-refractivity contribution in [2.75, 3.05) is 7.05 Å². The van der Waals surface area contributed by atoms with E-state index >= 15 is 0 Å². The quantitative estimate of drug-likeness (QED) is 0.732. The van der Waals surface area contributed by atoms with Crippen molar-refractivity contribution >= 4 is 10.9 Å². The molecule has 96 valence electrons. The summed E-state index contributed by atoms with van der Waals surface area (Å²) in [6, 6.07) is 5.09. The fourth-order valence-corrected chi connectivity index (χ4v) is 3.47. The lowest BCUT2D eigenvalue weighted by Gasteiger charge is -2.15. The molecule has 0 spiro atoms. The maximum absolute atomic E-state index is 3.66. The molecule has 0 bridgehead atoms. The van der Waals surface area contributed by atoms with Gasteiger partial charge in [0.25, 0.3) is 0 Å². The van der Waals surface area contributed by atoms with Gasteiger partial charge in [-0.15, -0.1) is 0 Å². The molecule has 2 heteroatoms. The summed E-state index contributed by atoms with van der Waals surface area (Å²) in [6.45, 7) is 4.41. The highest BCUT2D eigenvalue weighted by atomic mass is 14.9. The average molecular weight is 242 g/mol. The van der Waals surface area contributed by atoms with Crippen LogP contribution in [0.25, 0.3) is 10.9 Å². The molecule has 1 aromatic heterocycles. The van der Waals surface area contributed by atoms with Crippen molar-refractivity contribution in [2.45, 2.75) is 45.6 Å². The van der Waals surface area contributed by atoms with Crippen LogP contribution < -0.4 is 5.32 Å². The molecule has 1 atom stereocenters. The van der Waals surface area contributed by atoms with Gasteiger partial charge >= 0.3 is 0 Å². The molecule has 18 heavy (non-hydrogen) atoms. The van der Waals surface area contributed by atoms with Gasteiger partial charge < -0.3 is 10.3 Å². The Labute approximate surface area is 109 Å². The normalized spacial score (nSPS) is 19.8. The second-order valence-electron chi connectivity index (χ2n) is 5.61. The van der Waals surface area contributed by atoms with Crippen molar-refractivity contribution < 1.29 is 0 Å². The number of nitrogens with one attached hydrogen (secondary N) is 2. The monoisotopic (exact) mass is 242 g/mol. The molecular weight excluding hydrogens is 220 g/mol. The third-order valence-corrected chi connectivity index (χ3v) is 4.23. The Morgan fingerprint density at radius 2 is 2.06 bits per heavy atom. The van der Waals surface area contributed by atoms with Gasteiger partial charge in [0.05, 0.1) is 0 Å². The van der Waals surface area contributed by atoms with Gasteiger partial charge in [-0.25, -0.2) is 0 Å². The zero-order chi connectivity index (χ0) is 12.7. The highest BCUT2D eigenvalue weighted by molar-refractivity contribution is 5.89. The van der Waals surface area contributed by atoms with Gasteiger partial charge in [-0.1, -0.05) is 12.5 Å². The van der Waals surface area contributed by atoms with Gasteiger partial charge in [-0.05, 0) is 62.9 Å². The van der Waals surface area contributed by atoms with E-state index in [4.69, 9.17) is 0 Å². The highest BCUT2D eigenvalue weighted by Crippen LogP contribution is 2.36. The van der Waals surface area contributed by atoms with Crippen molar-refractivity contribution in [3.8, 4) is 0 Å². The Morgan fingerprint density at radius 3 is 2.83 bits per heavy atom. The van der Waals surface area contributed by atoms with Crippen LogP contribution in [0.1, 0.15) is 47.7 Å². The minimum absolute atomic E-state index is 0.512. The minimum Gasteiger partial charge on any atom is -0.358 e. The van der Waals surface area contributed by atoms with Gasteiger partial charge in [0, 0.05) is 22.6 Å². The molecule has 1 unspecified atom stereocenters. The summed E-state index contributed by atoms with van der Waals surface area (Å²) in [4.78, 5) is 3.66. The van der Waals surface area contributed by atoms with Crippen LogP contribution in [0, 0.1) is 13.8 Å². The Morgan fingerprint density at radius 1 is 1.22 bits per heavy atom. The number of aryl methyl sites for hydroxylation is 3. The fraction of sp³-hybridized carbons (Fsp3) is 0.500. The van der Waals surface area contributed by atoms with Crippen LogP contribution in [-0.2, 0) is 6.42 Å². The van der Waals surface area contributed by atoms with Gasteiger partial charge in [-0.3, -0.25) is 0 Å². The van der Waals surface area contributed by atoms with Crippen LogP contribution in [-0.4, -0.2) is 12.0 Å². The van der Waals surface area contributed by atoms with E-state index in [1.807, 2.05) is 0 Å². The topological polar surface area (TPSA) is 27.8 Å². The standard InChI is InChI=1S/C16H22N2/c1-10-8-11(2)15-14(9-10)18-13-7-5-4-6-12(17-3)16(13)15/h8-9,12,17-18H,4-7H2,1-3H3. The number of fused-ring (bicyclic) bond motifs is 3. The molecule has 0 saturated heterocycles. The van der Waals surface area contributed by atoms with Crippen molar-refractivity contribution in [3.63, 3.8) is 0 Å². The second-order valence-corrected chi connectivity index (χ2v) is 5.61. The molecule has 3 rings (SSSR count). The number of hydrogen-bond donors (Lipinski definition) is 2. The molecule has 1 heterocycles. The van der Waals surface area contributed by atoms with Crippen molar-refractivity contribution in [1.82, 2.24) is 10.3 Å². The minimum atomic E-state index is 0.512. The lowest BCUT2D eigenvalue weighted by atomic mass is 9.97. The lowest BCUT2D eigenvalue weighted by molar-refractivity contribution is 0.536. The van der Waals surface area contributed by atoms with Gasteiger partial charge in [-0.2, -0.15) is 0 Å². The summed E-state index contributed by atoms with van der Waals surface area (Å²) in [7, 11) is 2.09. The second kappa shape index (κ2) is 4.43. The molecule has 0 radical (unpaired) electrons. The van der Waals surface area contributed by atoms with Crippen molar-refractivity contribution in [2.24, 2.45) is 0 Å². The summed E-state index contributed by atoms with van der Waals surface area (Å²) < 4.78 is 0. The smallest absolute Gasteiger partial charge is 0.0464 e. The predicted molar refractivity (Wildman–Crippen MR) is 77.1 cm³/mol. The summed E-state index contributed by atoms with van der Waals surface area (Å²) in [6.07, 6.45) is 5.07. The third-order valence-electron chi connectivity index (χ3n) is 4.23. The van der Waals surface area contributed by atoms with Crippen LogP contribution in [0.4, 0.5) is 0 Å². The van der Waals surface area contributed by atoms with Gasteiger partial charge in [0.15, 0.2) is 0 Å². The zero-order valence-electron chi connectivity index (χ0n) is 11.6. The molecule has 0 aliphatic heterocycles. The van der Waals surface area contributed by atoms with Crippen molar-refractivity contribution in [3.05, 3.63) is 34.5 Å². The van der Waals surface area contributed by atoms with Crippen LogP contribution in [0.5, 0.6) is 0 Å². The van der Waals surface area contributed by atoms with E-state index in [0.29, 0.717) is 6.04 Å². The summed E-state index contributed by atoms with van der Waals surface area (Å²) in [5.74, 6) is 0. The van der Waals surface area contributed by atoms with Crippen LogP contribution in [0.15, 0.2) is 12.1 Å². The van der Waals surface area contributed by atoms with Gasteiger partial charge in [0.2, 0.25) is 0 Å². The van der Waals surface area contributed by atoms with Crippen molar-refractivity contribution in [1.29, 1.82) is 0 Å². The van der Waals surface area contributed by atoms with Gasteiger partial charge in [0.1, 0.15) is 0 Å². The molecular formula is C16H22N2.